The van der Waals surface area contributed by atoms with Crippen molar-refractivity contribution >= 4 is 5.91 Å². The third-order valence-corrected chi connectivity index (χ3v) is 3.68. The van der Waals surface area contributed by atoms with E-state index in [2.05, 4.69) is 17.1 Å². The summed E-state index contributed by atoms with van der Waals surface area (Å²) in [4.78, 5) is 13.8. The fourth-order valence-corrected chi connectivity index (χ4v) is 2.48. The lowest BCUT2D eigenvalue weighted by Crippen LogP contribution is -2.53. The van der Waals surface area contributed by atoms with Crippen molar-refractivity contribution in [3.8, 4) is 0 Å². The van der Waals surface area contributed by atoms with Crippen molar-refractivity contribution in [3.05, 3.63) is 0 Å². The predicted molar refractivity (Wildman–Crippen MR) is 66.2 cm³/mol. The minimum atomic E-state index is 0.0730. The van der Waals surface area contributed by atoms with Crippen LogP contribution in [-0.2, 0) is 4.79 Å². The molecule has 0 aliphatic heterocycles. The van der Waals surface area contributed by atoms with E-state index in [1.807, 2.05) is 7.05 Å². The van der Waals surface area contributed by atoms with Crippen LogP contribution in [0.5, 0.6) is 0 Å². The molecule has 4 heteroatoms. The molecule has 0 aromatic rings. The van der Waals surface area contributed by atoms with Crippen molar-refractivity contribution in [3.63, 3.8) is 0 Å². The minimum Gasteiger partial charge on any atom is -0.355 e. The topological polar surface area (TPSA) is 58.4 Å². The first-order valence-corrected chi connectivity index (χ1v) is 6.32. The Labute approximate surface area is 98.6 Å². The van der Waals surface area contributed by atoms with Crippen LogP contribution in [0.25, 0.3) is 0 Å². The molecule has 0 spiro atoms. The lowest BCUT2D eigenvalue weighted by molar-refractivity contribution is -0.123. The Kier molecular flexibility index (Phi) is 5.22. The summed E-state index contributed by atoms with van der Waals surface area (Å²) >= 11 is 0. The van der Waals surface area contributed by atoms with Gasteiger partial charge in [-0.25, -0.2) is 0 Å². The van der Waals surface area contributed by atoms with Crippen LogP contribution in [0, 0.1) is 0 Å². The van der Waals surface area contributed by atoms with E-state index in [1.165, 1.54) is 12.8 Å². The summed E-state index contributed by atoms with van der Waals surface area (Å²) in [6.07, 6.45) is 5.70. The molecule has 0 unspecified atom stereocenters. The quantitative estimate of drug-likeness (QED) is 0.703. The average Bonchev–Trinajstić information content (AvgIpc) is 2.76. The van der Waals surface area contributed by atoms with Gasteiger partial charge < -0.3 is 11.1 Å². The van der Waals surface area contributed by atoms with Gasteiger partial charge in [-0.2, -0.15) is 0 Å². The number of nitrogens with two attached hydrogens (primary N) is 1. The third-order valence-electron chi connectivity index (χ3n) is 3.68. The zero-order valence-electron chi connectivity index (χ0n) is 10.6. The van der Waals surface area contributed by atoms with Crippen LogP contribution in [0.15, 0.2) is 0 Å². The van der Waals surface area contributed by atoms with Gasteiger partial charge in [0.1, 0.15) is 0 Å². The number of carbonyl (C=O) groups is 1. The van der Waals surface area contributed by atoms with E-state index < -0.39 is 0 Å². The van der Waals surface area contributed by atoms with Crippen molar-refractivity contribution in [1.29, 1.82) is 0 Å². The number of rotatable bonds is 6. The predicted octanol–water partition coefficient (Wildman–Crippen LogP) is 0.716. The van der Waals surface area contributed by atoms with Crippen LogP contribution in [0.3, 0.4) is 0 Å². The fourth-order valence-electron chi connectivity index (χ4n) is 2.48. The summed E-state index contributed by atoms with van der Waals surface area (Å²) in [5.74, 6) is 0.115. The van der Waals surface area contributed by atoms with Crippen LogP contribution in [0.4, 0.5) is 0 Å². The maximum absolute atomic E-state index is 11.6. The normalized spacial score (nSPS) is 19.0. The largest absolute Gasteiger partial charge is 0.355 e. The van der Waals surface area contributed by atoms with Gasteiger partial charge in [-0.3, -0.25) is 9.69 Å². The highest BCUT2D eigenvalue weighted by molar-refractivity contribution is 5.78. The molecule has 0 bridgehead atoms. The highest BCUT2D eigenvalue weighted by atomic mass is 16.2. The van der Waals surface area contributed by atoms with Crippen molar-refractivity contribution in [2.45, 2.75) is 44.6 Å². The van der Waals surface area contributed by atoms with Crippen LogP contribution in [-0.4, -0.2) is 43.0 Å². The Balaban J connectivity index is 2.43. The molecule has 0 aromatic heterocycles. The molecule has 1 amide bonds. The first kappa shape index (κ1) is 13.5. The molecule has 16 heavy (non-hydrogen) atoms. The molecule has 0 radical (unpaired) electrons. The summed E-state index contributed by atoms with van der Waals surface area (Å²) in [6.45, 7) is 3.95. The van der Waals surface area contributed by atoms with Gasteiger partial charge in [-0.15, -0.1) is 0 Å². The van der Waals surface area contributed by atoms with Crippen molar-refractivity contribution in [2.75, 3.05) is 26.7 Å². The second-order valence-corrected chi connectivity index (χ2v) is 4.84. The molecule has 0 aromatic carbocycles. The van der Waals surface area contributed by atoms with E-state index >= 15 is 0 Å². The van der Waals surface area contributed by atoms with Gasteiger partial charge in [0.25, 0.3) is 0 Å². The van der Waals surface area contributed by atoms with Gasteiger partial charge in [0.15, 0.2) is 0 Å². The van der Waals surface area contributed by atoms with E-state index in [0.717, 1.165) is 25.8 Å². The van der Waals surface area contributed by atoms with E-state index in [4.69, 9.17) is 5.73 Å². The first-order chi connectivity index (χ1) is 7.64. The molecule has 94 valence electrons. The molecule has 1 aliphatic carbocycles. The second kappa shape index (κ2) is 6.21. The molecule has 3 N–H and O–H groups in total. The van der Waals surface area contributed by atoms with Gasteiger partial charge >= 0.3 is 0 Å². The molecule has 0 saturated heterocycles. The minimum absolute atomic E-state index is 0.0730. The molecular formula is C12H25N3O. The Morgan fingerprint density at radius 1 is 1.44 bits per heavy atom. The molecule has 1 fully saturated rings. The Morgan fingerprint density at radius 2 is 2.06 bits per heavy atom. The highest BCUT2D eigenvalue weighted by Gasteiger charge is 2.36. The van der Waals surface area contributed by atoms with Gasteiger partial charge in [0, 0.05) is 18.6 Å². The summed E-state index contributed by atoms with van der Waals surface area (Å²) in [5, 5.41) is 2.91. The van der Waals surface area contributed by atoms with Crippen LogP contribution in [0.1, 0.15) is 39.0 Å². The maximum Gasteiger partial charge on any atom is 0.234 e. The third kappa shape index (κ3) is 3.19. The first-order valence-electron chi connectivity index (χ1n) is 6.32. The molecule has 0 heterocycles. The van der Waals surface area contributed by atoms with Gasteiger partial charge in [0.2, 0.25) is 5.91 Å². The molecule has 4 nitrogen and oxygen atoms in total. The average molecular weight is 227 g/mol. The van der Waals surface area contributed by atoms with Gasteiger partial charge in [-0.1, -0.05) is 19.8 Å². The van der Waals surface area contributed by atoms with Gasteiger partial charge in [-0.05, 0) is 26.3 Å². The van der Waals surface area contributed by atoms with Crippen molar-refractivity contribution < 1.29 is 4.79 Å². The molecule has 1 aliphatic rings. The molecule has 1 saturated carbocycles. The maximum atomic E-state index is 11.6. The van der Waals surface area contributed by atoms with E-state index in [9.17, 15) is 4.79 Å². The number of carbonyl (C=O) groups excluding carboxylic acids is 1. The van der Waals surface area contributed by atoms with Crippen LogP contribution < -0.4 is 11.1 Å². The molecular weight excluding hydrogens is 202 g/mol. The number of amides is 1. The van der Waals surface area contributed by atoms with Gasteiger partial charge in [0.05, 0.1) is 6.54 Å². The Morgan fingerprint density at radius 3 is 2.56 bits per heavy atom. The standard InChI is InChI=1S/C12H25N3O/c1-3-8-14-11(16)9-15(2)12(10-13)6-4-5-7-12/h3-10,13H2,1-2H3,(H,14,16). The van der Waals surface area contributed by atoms with Crippen LogP contribution >= 0.6 is 0 Å². The zero-order chi connectivity index (χ0) is 12.0. The number of nitrogens with zero attached hydrogens (tertiary/aromatic N) is 1. The summed E-state index contributed by atoms with van der Waals surface area (Å²) in [7, 11) is 2.02. The Hall–Kier alpha value is -0.610. The van der Waals surface area contributed by atoms with E-state index in [-0.39, 0.29) is 11.4 Å². The Bertz CT molecular complexity index is 224. The molecule has 0 atom stereocenters. The number of nitrogens with one attached hydrogen (secondary N) is 1. The zero-order valence-corrected chi connectivity index (χ0v) is 10.6. The summed E-state index contributed by atoms with van der Waals surface area (Å²) < 4.78 is 0. The lowest BCUT2D eigenvalue weighted by atomic mass is 9.96. The lowest BCUT2D eigenvalue weighted by Gasteiger charge is -2.37. The monoisotopic (exact) mass is 227 g/mol. The van der Waals surface area contributed by atoms with Crippen molar-refractivity contribution in [1.82, 2.24) is 10.2 Å². The SMILES string of the molecule is CCCNC(=O)CN(C)C1(CN)CCCC1. The number of hydrogen-bond donors (Lipinski definition) is 2. The smallest absolute Gasteiger partial charge is 0.234 e. The van der Waals surface area contributed by atoms with E-state index in [0.29, 0.717) is 13.1 Å². The summed E-state index contributed by atoms with van der Waals surface area (Å²) in [5.41, 5.74) is 5.95. The number of hydrogen-bond acceptors (Lipinski definition) is 3. The second-order valence-electron chi connectivity index (χ2n) is 4.84. The number of likely N-dealkylation sites (N-methyl/N-ethyl adjacent to an activating group) is 1. The van der Waals surface area contributed by atoms with E-state index in [1.54, 1.807) is 0 Å². The molecule has 1 rings (SSSR count). The fraction of sp³-hybridized carbons (Fsp3) is 0.917. The summed E-state index contributed by atoms with van der Waals surface area (Å²) in [6, 6.07) is 0. The highest BCUT2D eigenvalue weighted by Crippen LogP contribution is 2.33. The van der Waals surface area contributed by atoms with Crippen LogP contribution in [0.2, 0.25) is 0 Å². The van der Waals surface area contributed by atoms with Crippen molar-refractivity contribution in [2.24, 2.45) is 5.73 Å².